The number of hydrogen-bond acceptors (Lipinski definition) is 2. The molecule has 1 aliphatic heterocycles. The summed E-state index contributed by atoms with van der Waals surface area (Å²) in [6.07, 6.45) is 1.98. The molecule has 28 heavy (non-hydrogen) atoms. The van der Waals surface area contributed by atoms with Crippen LogP contribution in [0.3, 0.4) is 0 Å². The molecule has 3 nitrogen and oxygen atoms in total. The summed E-state index contributed by atoms with van der Waals surface area (Å²) in [6.45, 7) is 6.23. The van der Waals surface area contributed by atoms with Gasteiger partial charge in [0, 0.05) is 38.3 Å². The molecule has 1 saturated heterocycles. The van der Waals surface area contributed by atoms with Crippen molar-refractivity contribution >= 4 is 22.8 Å². The summed E-state index contributed by atoms with van der Waals surface area (Å²) in [5, 5.41) is 2.61. The first kappa shape index (κ1) is 18.5. The van der Waals surface area contributed by atoms with Gasteiger partial charge in [0.1, 0.15) is 0 Å². The van der Waals surface area contributed by atoms with E-state index in [1.807, 2.05) is 48.2 Å². The lowest BCUT2D eigenvalue weighted by Gasteiger charge is -2.35. The van der Waals surface area contributed by atoms with Crippen molar-refractivity contribution in [2.75, 3.05) is 26.2 Å². The lowest BCUT2D eigenvalue weighted by atomic mass is 10.0. The highest BCUT2D eigenvalue weighted by molar-refractivity contribution is 5.97. The smallest absolute Gasteiger partial charge is 0.249 e. The van der Waals surface area contributed by atoms with Gasteiger partial charge < -0.3 is 4.90 Å². The molecule has 1 heterocycles. The largest absolute Gasteiger partial charge is 0.336 e. The second kappa shape index (κ2) is 8.41. The van der Waals surface area contributed by atoms with E-state index in [0.717, 1.165) is 43.9 Å². The summed E-state index contributed by atoms with van der Waals surface area (Å²) in [6, 6.07) is 25.1. The number of carbonyl (C=O) groups excluding carboxylic acids is 1. The van der Waals surface area contributed by atoms with E-state index in [1.165, 1.54) is 16.3 Å². The molecule has 0 spiro atoms. The number of amides is 1. The van der Waals surface area contributed by atoms with Crippen molar-refractivity contribution in [2.45, 2.75) is 13.5 Å². The second-order valence-corrected chi connectivity index (χ2v) is 7.44. The Morgan fingerprint density at radius 3 is 2.32 bits per heavy atom. The van der Waals surface area contributed by atoms with Crippen LogP contribution >= 0.6 is 0 Å². The van der Waals surface area contributed by atoms with Crippen LogP contribution in [-0.2, 0) is 11.3 Å². The first-order valence-electron chi connectivity index (χ1n) is 9.92. The van der Waals surface area contributed by atoms with E-state index in [4.69, 9.17) is 0 Å². The average Bonchev–Trinajstić information content (AvgIpc) is 2.75. The fourth-order valence-electron chi connectivity index (χ4n) is 3.89. The zero-order valence-corrected chi connectivity index (χ0v) is 16.3. The monoisotopic (exact) mass is 370 g/mol. The van der Waals surface area contributed by atoms with Gasteiger partial charge in [-0.3, -0.25) is 9.69 Å². The molecule has 4 rings (SSSR count). The molecule has 0 saturated carbocycles. The van der Waals surface area contributed by atoms with E-state index < -0.39 is 0 Å². The number of piperazine rings is 1. The Morgan fingerprint density at radius 1 is 0.857 bits per heavy atom. The van der Waals surface area contributed by atoms with E-state index >= 15 is 0 Å². The Kier molecular flexibility index (Phi) is 5.54. The van der Waals surface area contributed by atoms with Crippen molar-refractivity contribution in [3.8, 4) is 0 Å². The fraction of sp³-hybridized carbons (Fsp3) is 0.240. The maximum Gasteiger partial charge on any atom is 0.249 e. The van der Waals surface area contributed by atoms with Gasteiger partial charge in [-0.25, -0.2) is 0 Å². The Labute approximate surface area is 166 Å². The molecule has 0 N–H and O–H groups in total. The quantitative estimate of drug-likeness (QED) is 0.627. The van der Waals surface area contributed by atoms with Gasteiger partial charge in [0.15, 0.2) is 0 Å². The average molecular weight is 370 g/mol. The van der Waals surface area contributed by atoms with Gasteiger partial charge in [0.05, 0.1) is 0 Å². The Balaban J connectivity index is 1.38. The third-order valence-electron chi connectivity index (χ3n) is 5.45. The van der Waals surface area contributed by atoms with Crippen LogP contribution in [0.4, 0.5) is 0 Å². The molecule has 0 aromatic heterocycles. The number of carbonyl (C=O) groups is 1. The molecule has 0 aliphatic carbocycles. The zero-order valence-electron chi connectivity index (χ0n) is 16.3. The van der Waals surface area contributed by atoms with Gasteiger partial charge in [0.25, 0.3) is 0 Å². The van der Waals surface area contributed by atoms with Crippen LogP contribution in [0.2, 0.25) is 0 Å². The molecule has 0 bridgehead atoms. The van der Waals surface area contributed by atoms with E-state index in [2.05, 4.69) is 47.4 Å². The highest BCUT2D eigenvalue weighted by atomic mass is 16.2. The van der Waals surface area contributed by atoms with Crippen LogP contribution in [-0.4, -0.2) is 41.9 Å². The van der Waals surface area contributed by atoms with E-state index in [1.54, 1.807) is 0 Å². The zero-order chi connectivity index (χ0) is 19.3. The van der Waals surface area contributed by atoms with Crippen molar-refractivity contribution < 1.29 is 4.79 Å². The normalized spacial score (nSPS) is 15.8. The first-order chi connectivity index (χ1) is 13.7. The second-order valence-electron chi connectivity index (χ2n) is 7.44. The first-order valence-corrected chi connectivity index (χ1v) is 9.92. The van der Waals surface area contributed by atoms with Crippen LogP contribution < -0.4 is 0 Å². The van der Waals surface area contributed by atoms with Crippen molar-refractivity contribution in [3.05, 3.63) is 89.5 Å². The Hall–Kier alpha value is -2.91. The molecule has 3 aromatic rings. The van der Waals surface area contributed by atoms with Crippen LogP contribution in [0.15, 0.2) is 78.4 Å². The lowest BCUT2D eigenvalue weighted by molar-refractivity contribution is -0.128. The third-order valence-corrected chi connectivity index (χ3v) is 5.45. The van der Waals surface area contributed by atoms with Gasteiger partial charge in [-0.2, -0.15) is 0 Å². The number of benzene rings is 3. The number of fused-ring (bicyclic) bond motifs is 1. The predicted molar refractivity (Wildman–Crippen MR) is 116 cm³/mol. The summed E-state index contributed by atoms with van der Waals surface area (Å²) in [5.41, 5.74) is 3.23. The van der Waals surface area contributed by atoms with E-state index in [-0.39, 0.29) is 5.91 Å². The predicted octanol–water partition coefficient (Wildman–Crippen LogP) is 4.59. The number of hydrogen-bond donors (Lipinski definition) is 0. The molecular formula is C25H26N2O. The number of rotatable bonds is 4. The van der Waals surface area contributed by atoms with Crippen LogP contribution in [0, 0.1) is 0 Å². The minimum atomic E-state index is 0.147. The molecule has 1 amide bonds. The summed E-state index contributed by atoms with van der Waals surface area (Å²) < 4.78 is 0. The molecule has 1 fully saturated rings. The minimum absolute atomic E-state index is 0.147. The molecular weight excluding hydrogens is 344 g/mol. The molecule has 142 valence electrons. The van der Waals surface area contributed by atoms with E-state index in [9.17, 15) is 4.79 Å². The van der Waals surface area contributed by atoms with Gasteiger partial charge in [-0.05, 0) is 34.9 Å². The van der Waals surface area contributed by atoms with Crippen molar-refractivity contribution in [1.29, 1.82) is 0 Å². The highest BCUT2D eigenvalue weighted by Crippen LogP contribution is 2.21. The number of nitrogens with zero attached hydrogens (tertiary/aromatic N) is 2. The summed E-state index contributed by atoms with van der Waals surface area (Å²) in [7, 11) is 0. The van der Waals surface area contributed by atoms with Crippen LogP contribution in [0.5, 0.6) is 0 Å². The molecule has 3 heteroatoms. The van der Waals surface area contributed by atoms with Crippen molar-refractivity contribution in [1.82, 2.24) is 9.80 Å². The third kappa shape index (κ3) is 4.15. The van der Waals surface area contributed by atoms with Gasteiger partial charge in [-0.15, -0.1) is 0 Å². The van der Waals surface area contributed by atoms with Crippen LogP contribution in [0.1, 0.15) is 18.1 Å². The molecule has 0 atom stereocenters. The van der Waals surface area contributed by atoms with Gasteiger partial charge >= 0.3 is 0 Å². The van der Waals surface area contributed by atoms with Crippen molar-refractivity contribution in [3.63, 3.8) is 0 Å². The summed E-state index contributed by atoms with van der Waals surface area (Å²) in [4.78, 5) is 17.2. The standard InChI is InChI=1S/C25H26N2O/c1-20(18-21-8-3-2-4-9-21)25(28)27-16-14-26(15-17-27)19-23-12-7-11-22-10-5-6-13-24(22)23/h2-13,18H,14-17,19H2,1H3. The van der Waals surface area contributed by atoms with Crippen molar-refractivity contribution in [2.24, 2.45) is 0 Å². The maximum absolute atomic E-state index is 12.8. The SMILES string of the molecule is CC(=Cc1ccccc1)C(=O)N1CCN(Cc2cccc3ccccc23)CC1. The molecule has 1 aliphatic rings. The molecule has 0 unspecified atom stereocenters. The maximum atomic E-state index is 12.8. The molecule has 0 radical (unpaired) electrons. The van der Waals surface area contributed by atoms with Crippen LogP contribution in [0.25, 0.3) is 16.8 Å². The Morgan fingerprint density at radius 2 is 1.54 bits per heavy atom. The highest BCUT2D eigenvalue weighted by Gasteiger charge is 2.22. The fourth-order valence-corrected chi connectivity index (χ4v) is 3.89. The van der Waals surface area contributed by atoms with E-state index in [0.29, 0.717) is 0 Å². The summed E-state index contributed by atoms with van der Waals surface area (Å²) >= 11 is 0. The Bertz CT molecular complexity index is 980. The topological polar surface area (TPSA) is 23.6 Å². The lowest BCUT2D eigenvalue weighted by Crippen LogP contribution is -2.48. The van der Waals surface area contributed by atoms with Gasteiger partial charge in [-0.1, -0.05) is 72.8 Å². The summed E-state index contributed by atoms with van der Waals surface area (Å²) in [5.74, 6) is 0.147. The molecule has 3 aromatic carbocycles. The minimum Gasteiger partial charge on any atom is -0.336 e. The van der Waals surface area contributed by atoms with Gasteiger partial charge in [0.2, 0.25) is 5.91 Å².